The number of hydrogen-bond acceptors (Lipinski definition) is 4. The largest absolute Gasteiger partial charge is 0.494 e. The molecule has 21 heavy (non-hydrogen) atoms. The van der Waals surface area contributed by atoms with E-state index in [1.807, 2.05) is 6.07 Å². The van der Waals surface area contributed by atoms with E-state index in [0.717, 1.165) is 25.3 Å². The van der Waals surface area contributed by atoms with Crippen LogP contribution in [0.25, 0.3) is 0 Å². The molecule has 0 bridgehead atoms. The first-order valence-corrected chi connectivity index (χ1v) is 7.57. The molecule has 0 amide bonds. The lowest BCUT2D eigenvalue weighted by Gasteiger charge is -2.39. The van der Waals surface area contributed by atoms with Crippen molar-refractivity contribution in [3.05, 3.63) is 29.6 Å². The van der Waals surface area contributed by atoms with E-state index < -0.39 is 0 Å². The fourth-order valence-electron chi connectivity index (χ4n) is 2.94. The van der Waals surface area contributed by atoms with Crippen LogP contribution < -0.4 is 10.1 Å². The Kier molecular flexibility index (Phi) is 4.42. The molecule has 2 fully saturated rings. The molecule has 0 spiro atoms. The Labute approximate surface area is 125 Å². The zero-order chi connectivity index (χ0) is 14.8. The zero-order valence-electron chi connectivity index (χ0n) is 12.6. The Bertz CT molecular complexity index is 493. The van der Waals surface area contributed by atoms with Gasteiger partial charge >= 0.3 is 0 Å². The van der Waals surface area contributed by atoms with E-state index >= 15 is 0 Å². The number of methoxy groups -OCH3 is 1. The molecule has 1 aromatic rings. The summed E-state index contributed by atoms with van der Waals surface area (Å²) in [5.41, 5.74) is 0.943. The number of halogens is 1. The van der Waals surface area contributed by atoms with Gasteiger partial charge in [-0.15, -0.1) is 0 Å². The summed E-state index contributed by atoms with van der Waals surface area (Å²) in [7, 11) is 3.55. The van der Waals surface area contributed by atoms with Crippen LogP contribution in [0.3, 0.4) is 0 Å². The molecule has 0 aromatic heterocycles. The van der Waals surface area contributed by atoms with Crippen LogP contribution in [0.1, 0.15) is 24.4 Å². The van der Waals surface area contributed by atoms with E-state index in [-0.39, 0.29) is 23.7 Å². The highest BCUT2D eigenvalue weighted by molar-refractivity contribution is 5.32. The van der Waals surface area contributed by atoms with Gasteiger partial charge in [0.15, 0.2) is 11.6 Å². The summed E-state index contributed by atoms with van der Waals surface area (Å²) in [5.74, 6) is -0.0336. The van der Waals surface area contributed by atoms with Gasteiger partial charge in [-0.25, -0.2) is 4.39 Å². The lowest BCUT2D eigenvalue weighted by atomic mass is 9.98. The Morgan fingerprint density at radius 2 is 2.24 bits per heavy atom. The summed E-state index contributed by atoms with van der Waals surface area (Å²) in [6.45, 7) is 2.40. The van der Waals surface area contributed by atoms with Crippen molar-refractivity contribution in [3.8, 4) is 5.75 Å². The molecule has 0 radical (unpaired) electrons. The third-order valence-electron chi connectivity index (χ3n) is 4.31. The van der Waals surface area contributed by atoms with Crippen molar-refractivity contribution in [1.82, 2.24) is 10.2 Å². The molecular weight excluding hydrogens is 271 g/mol. The van der Waals surface area contributed by atoms with Crippen LogP contribution in [0.15, 0.2) is 18.2 Å². The van der Waals surface area contributed by atoms with Crippen LogP contribution in [0.4, 0.5) is 4.39 Å². The molecule has 1 saturated carbocycles. The summed E-state index contributed by atoms with van der Waals surface area (Å²) < 4.78 is 24.9. The second-order valence-corrected chi connectivity index (χ2v) is 5.91. The van der Waals surface area contributed by atoms with Crippen molar-refractivity contribution in [1.29, 1.82) is 0 Å². The van der Waals surface area contributed by atoms with Crippen molar-refractivity contribution in [2.45, 2.75) is 31.0 Å². The molecule has 2 unspecified atom stereocenters. The first-order chi connectivity index (χ1) is 10.2. The topological polar surface area (TPSA) is 33.7 Å². The summed E-state index contributed by atoms with van der Waals surface area (Å²) in [5, 5.41) is 3.51. The highest BCUT2D eigenvalue weighted by atomic mass is 19.1. The number of morpholine rings is 1. The summed E-state index contributed by atoms with van der Waals surface area (Å²) in [6, 6.07) is 5.92. The van der Waals surface area contributed by atoms with E-state index in [2.05, 4.69) is 17.3 Å². The smallest absolute Gasteiger partial charge is 0.165 e. The highest BCUT2D eigenvalue weighted by Crippen LogP contribution is 2.31. The molecule has 2 aliphatic rings. The summed E-state index contributed by atoms with van der Waals surface area (Å²) >= 11 is 0. The van der Waals surface area contributed by atoms with Gasteiger partial charge in [0.25, 0.3) is 0 Å². The molecular formula is C16H23FN2O2. The number of nitrogens with zero attached hydrogens (tertiary/aromatic N) is 1. The number of ether oxygens (including phenoxy) is 2. The van der Waals surface area contributed by atoms with E-state index in [4.69, 9.17) is 9.47 Å². The first kappa shape index (κ1) is 14.8. The minimum absolute atomic E-state index is 0.0529. The van der Waals surface area contributed by atoms with Gasteiger partial charge in [0.1, 0.15) is 0 Å². The molecule has 1 heterocycles. The Morgan fingerprint density at radius 3 is 2.90 bits per heavy atom. The SMILES string of the molecule is COc1ccc(C2C(CNC3CC3)OCCN2C)cc1F. The van der Waals surface area contributed by atoms with Gasteiger partial charge in [-0.2, -0.15) is 0 Å². The molecule has 1 saturated heterocycles. The van der Waals surface area contributed by atoms with Crippen molar-refractivity contribution in [2.75, 3.05) is 33.9 Å². The lowest BCUT2D eigenvalue weighted by Crippen LogP contribution is -2.47. The van der Waals surface area contributed by atoms with Gasteiger partial charge in [-0.1, -0.05) is 6.07 Å². The van der Waals surface area contributed by atoms with Crippen LogP contribution in [0.2, 0.25) is 0 Å². The quantitative estimate of drug-likeness (QED) is 0.900. The first-order valence-electron chi connectivity index (χ1n) is 7.57. The van der Waals surface area contributed by atoms with Gasteiger partial charge in [0.05, 0.1) is 25.9 Å². The van der Waals surface area contributed by atoms with Crippen LogP contribution in [-0.2, 0) is 4.74 Å². The standard InChI is InChI=1S/C16H23FN2O2/c1-19-7-8-21-15(10-18-12-4-5-12)16(19)11-3-6-14(20-2)13(17)9-11/h3,6,9,12,15-16,18H,4-5,7-8,10H2,1-2H3. The van der Waals surface area contributed by atoms with Gasteiger partial charge < -0.3 is 14.8 Å². The third-order valence-corrected chi connectivity index (χ3v) is 4.31. The lowest BCUT2D eigenvalue weighted by molar-refractivity contribution is -0.0615. The van der Waals surface area contributed by atoms with Gasteiger partial charge in [0, 0.05) is 19.1 Å². The van der Waals surface area contributed by atoms with E-state index in [9.17, 15) is 4.39 Å². The molecule has 1 aliphatic carbocycles. The maximum Gasteiger partial charge on any atom is 0.165 e. The average molecular weight is 294 g/mol. The Balaban J connectivity index is 1.78. The van der Waals surface area contributed by atoms with E-state index in [1.54, 1.807) is 12.1 Å². The molecule has 116 valence electrons. The van der Waals surface area contributed by atoms with Crippen molar-refractivity contribution in [2.24, 2.45) is 0 Å². The molecule has 2 atom stereocenters. The fraction of sp³-hybridized carbons (Fsp3) is 0.625. The van der Waals surface area contributed by atoms with E-state index in [1.165, 1.54) is 20.0 Å². The number of nitrogens with one attached hydrogen (secondary N) is 1. The van der Waals surface area contributed by atoms with Crippen molar-refractivity contribution in [3.63, 3.8) is 0 Å². The number of benzene rings is 1. The molecule has 1 aliphatic heterocycles. The average Bonchev–Trinajstić information content (AvgIpc) is 3.29. The predicted molar refractivity (Wildman–Crippen MR) is 79.1 cm³/mol. The monoisotopic (exact) mass is 294 g/mol. The Hall–Kier alpha value is -1.17. The molecule has 5 heteroatoms. The van der Waals surface area contributed by atoms with Crippen LogP contribution in [0, 0.1) is 5.82 Å². The van der Waals surface area contributed by atoms with Crippen LogP contribution in [0.5, 0.6) is 5.75 Å². The van der Waals surface area contributed by atoms with E-state index in [0.29, 0.717) is 6.04 Å². The summed E-state index contributed by atoms with van der Waals surface area (Å²) in [4.78, 5) is 2.24. The minimum Gasteiger partial charge on any atom is -0.494 e. The predicted octanol–water partition coefficient (Wildman–Crippen LogP) is 1.96. The normalized spacial score (nSPS) is 26.8. The van der Waals surface area contributed by atoms with Crippen molar-refractivity contribution >= 4 is 0 Å². The van der Waals surface area contributed by atoms with Crippen molar-refractivity contribution < 1.29 is 13.9 Å². The van der Waals surface area contributed by atoms with Gasteiger partial charge in [-0.3, -0.25) is 4.90 Å². The fourth-order valence-corrected chi connectivity index (χ4v) is 2.94. The number of hydrogen-bond donors (Lipinski definition) is 1. The molecule has 1 N–H and O–H groups in total. The van der Waals surface area contributed by atoms with Gasteiger partial charge in [-0.05, 0) is 37.6 Å². The molecule has 1 aromatic carbocycles. The van der Waals surface area contributed by atoms with Gasteiger partial charge in [0.2, 0.25) is 0 Å². The molecule has 4 nitrogen and oxygen atoms in total. The van der Waals surface area contributed by atoms with Crippen LogP contribution in [-0.4, -0.2) is 50.9 Å². The third kappa shape index (κ3) is 3.36. The maximum atomic E-state index is 14.0. The molecule has 3 rings (SSSR count). The minimum atomic E-state index is -0.317. The van der Waals surface area contributed by atoms with Crippen LogP contribution >= 0.6 is 0 Å². The second kappa shape index (κ2) is 6.30. The maximum absolute atomic E-state index is 14.0. The Morgan fingerprint density at radius 1 is 1.43 bits per heavy atom. The zero-order valence-corrected chi connectivity index (χ0v) is 12.6. The number of likely N-dealkylation sites (N-methyl/N-ethyl adjacent to an activating group) is 1. The second-order valence-electron chi connectivity index (χ2n) is 5.91. The summed E-state index contributed by atoms with van der Waals surface area (Å²) in [6.07, 6.45) is 2.56. The highest BCUT2D eigenvalue weighted by Gasteiger charge is 2.33. The number of rotatable bonds is 5.